The number of para-hydroxylation sites is 1. The van der Waals surface area contributed by atoms with E-state index in [4.69, 9.17) is 0 Å². The first-order valence-corrected chi connectivity index (χ1v) is 10.6. The molecule has 174 valence electrons. The SMILES string of the molecule is CCC(C)[C@H](NC(=O)[C@H](CC(C)C)NC(=O)Cn1c(=O)[nH]c2ccccc2c1=O)C(=O)O. The Morgan fingerprint density at radius 2 is 1.75 bits per heavy atom. The van der Waals surface area contributed by atoms with Crippen LogP contribution in [0.5, 0.6) is 0 Å². The molecule has 2 amide bonds. The third kappa shape index (κ3) is 6.05. The quantitative estimate of drug-likeness (QED) is 0.425. The molecule has 1 heterocycles. The van der Waals surface area contributed by atoms with Gasteiger partial charge in [-0.3, -0.25) is 19.0 Å². The van der Waals surface area contributed by atoms with Crippen LogP contribution in [-0.2, 0) is 20.9 Å². The van der Waals surface area contributed by atoms with Crippen LogP contribution in [0.4, 0.5) is 0 Å². The molecule has 0 saturated heterocycles. The Bertz CT molecular complexity index is 1100. The van der Waals surface area contributed by atoms with E-state index in [0.717, 1.165) is 4.57 Å². The van der Waals surface area contributed by atoms with Crippen molar-refractivity contribution in [1.29, 1.82) is 0 Å². The molecule has 1 unspecified atom stereocenters. The molecule has 3 atom stereocenters. The predicted octanol–water partition coefficient (Wildman–Crippen LogP) is 0.836. The van der Waals surface area contributed by atoms with Crippen molar-refractivity contribution in [3.05, 3.63) is 45.1 Å². The molecule has 2 rings (SSSR count). The highest BCUT2D eigenvalue weighted by Crippen LogP contribution is 2.11. The Labute approximate surface area is 185 Å². The average molecular weight is 447 g/mol. The molecule has 1 aromatic carbocycles. The lowest BCUT2D eigenvalue weighted by atomic mass is 9.97. The van der Waals surface area contributed by atoms with E-state index in [1.807, 2.05) is 20.8 Å². The molecule has 0 saturated carbocycles. The number of H-pyrrole nitrogens is 1. The third-order valence-electron chi connectivity index (χ3n) is 5.33. The number of carboxylic acid groups (broad SMARTS) is 1. The van der Waals surface area contributed by atoms with E-state index in [1.54, 1.807) is 25.1 Å². The molecule has 4 N–H and O–H groups in total. The van der Waals surface area contributed by atoms with Gasteiger partial charge in [-0.05, 0) is 30.4 Å². The molecule has 0 radical (unpaired) electrons. The number of carbonyl (C=O) groups excluding carboxylic acids is 2. The van der Waals surface area contributed by atoms with Gasteiger partial charge in [-0.25, -0.2) is 9.59 Å². The van der Waals surface area contributed by atoms with E-state index >= 15 is 0 Å². The number of hydrogen-bond donors (Lipinski definition) is 4. The third-order valence-corrected chi connectivity index (χ3v) is 5.33. The van der Waals surface area contributed by atoms with Crippen molar-refractivity contribution in [2.24, 2.45) is 11.8 Å². The van der Waals surface area contributed by atoms with Gasteiger partial charge in [0.05, 0.1) is 10.9 Å². The minimum atomic E-state index is -1.16. The Hall–Kier alpha value is -3.43. The van der Waals surface area contributed by atoms with Gasteiger partial charge < -0.3 is 20.7 Å². The second-order valence-electron chi connectivity index (χ2n) is 8.33. The number of fused-ring (bicyclic) bond motifs is 1. The lowest BCUT2D eigenvalue weighted by Gasteiger charge is -2.25. The van der Waals surface area contributed by atoms with Crippen LogP contribution in [0.25, 0.3) is 10.9 Å². The summed E-state index contributed by atoms with van der Waals surface area (Å²) < 4.78 is 0.765. The zero-order chi connectivity index (χ0) is 24.0. The van der Waals surface area contributed by atoms with Gasteiger partial charge in [0, 0.05) is 0 Å². The number of benzene rings is 1. The number of rotatable bonds is 10. The maximum atomic E-state index is 12.8. The van der Waals surface area contributed by atoms with Crippen molar-refractivity contribution in [1.82, 2.24) is 20.2 Å². The molecule has 10 heteroatoms. The predicted molar refractivity (Wildman–Crippen MR) is 119 cm³/mol. The summed E-state index contributed by atoms with van der Waals surface area (Å²) in [6.07, 6.45) is 0.805. The topological polar surface area (TPSA) is 150 Å². The van der Waals surface area contributed by atoms with E-state index in [-0.39, 0.29) is 23.6 Å². The van der Waals surface area contributed by atoms with Crippen LogP contribution in [0, 0.1) is 11.8 Å². The van der Waals surface area contributed by atoms with Crippen LogP contribution in [-0.4, -0.2) is 44.5 Å². The molecule has 0 bridgehead atoms. The monoisotopic (exact) mass is 446 g/mol. The van der Waals surface area contributed by atoms with Crippen LogP contribution in [0.15, 0.2) is 33.9 Å². The van der Waals surface area contributed by atoms with Gasteiger partial charge in [-0.1, -0.05) is 46.2 Å². The maximum absolute atomic E-state index is 12.8. The molecule has 10 nitrogen and oxygen atoms in total. The number of nitrogens with zero attached hydrogens (tertiary/aromatic N) is 1. The summed E-state index contributed by atoms with van der Waals surface area (Å²) >= 11 is 0. The second kappa shape index (κ2) is 10.7. The summed E-state index contributed by atoms with van der Waals surface area (Å²) in [6, 6.07) is 4.34. The highest BCUT2D eigenvalue weighted by Gasteiger charge is 2.30. The number of nitrogens with one attached hydrogen (secondary N) is 3. The smallest absolute Gasteiger partial charge is 0.329 e. The van der Waals surface area contributed by atoms with E-state index < -0.39 is 47.7 Å². The van der Waals surface area contributed by atoms with Gasteiger partial charge >= 0.3 is 11.7 Å². The van der Waals surface area contributed by atoms with Crippen LogP contribution >= 0.6 is 0 Å². The number of amides is 2. The lowest BCUT2D eigenvalue weighted by molar-refractivity contribution is -0.143. The van der Waals surface area contributed by atoms with Crippen molar-refractivity contribution in [2.45, 2.75) is 59.2 Å². The van der Waals surface area contributed by atoms with Crippen LogP contribution in [0.1, 0.15) is 40.5 Å². The molecule has 0 aliphatic rings. The largest absolute Gasteiger partial charge is 0.480 e. The van der Waals surface area contributed by atoms with Crippen LogP contribution in [0.3, 0.4) is 0 Å². The highest BCUT2D eigenvalue weighted by atomic mass is 16.4. The Kier molecular flexibility index (Phi) is 8.34. The standard InChI is InChI=1S/C22H30N4O6/c1-5-13(4)18(21(30)31)25-19(28)16(10-12(2)3)23-17(27)11-26-20(29)14-8-6-7-9-15(14)24-22(26)32/h6-9,12-13,16,18H,5,10-11H2,1-4H3,(H,23,27)(H,24,32)(H,25,28)(H,30,31)/t13?,16-,18-/m0/s1. The Morgan fingerprint density at radius 1 is 1.09 bits per heavy atom. The summed E-state index contributed by atoms with van der Waals surface area (Å²) in [7, 11) is 0. The summed E-state index contributed by atoms with van der Waals surface area (Å²) in [5.74, 6) is -2.77. The van der Waals surface area contributed by atoms with E-state index in [0.29, 0.717) is 11.9 Å². The fourth-order valence-corrected chi connectivity index (χ4v) is 3.37. The molecular weight excluding hydrogens is 416 g/mol. The number of aliphatic carboxylic acids is 1. The van der Waals surface area contributed by atoms with E-state index in [2.05, 4.69) is 15.6 Å². The summed E-state index contributed by atoms with van der Waals surface area (Å²) in [4.78, 5) is 64.5. The maximum Gasteiger partial charge on any atom is 0.329 e. The van der Waals surface area contributed by atoms with Crippen molar-refractivity contribution in [3.63, 3.8) is 0 Å². The van der Waals surface area contributed by atoms with Crippen LogP contribution in [0.2, 0.25) is 0 Å². The van der Waals surface area contributed by atoms with Gasteiger partial charge in [0.15, 0.2) is 0 Å². The Morgan fingerprint density at radius 3 is 2.34 bits per heavy atom. The number of carboxylic acids is 1. The normalized spacial score (nSPS) is 14.0. The van der Waals surface area contributed by atoms with Crippen LogP contribution < -0.4 is 21.9 Å². The molecular formula is C22H30N4O6. The van der Waals surface area contributed by atoms with Gasteiger partial charge in [-0.2, -0.15) is 0 Å². The van der Waals surface area contributed by atoms with Crippen molar-refractivity contribution in [2.75, 3.05) is 0 Å². The summed E-state index contributed by atoms with van der Waals surface area (Å²) in [5, 5.41) is 14.7. The minimum absolute atomic E-state index is 0.0183. The second-order valence-corrected chi connectivity index (χ2v) is 8.33. The number of carbonyl (C=O) groups is 3. The molecule has 1 aromatic heterocycles. The van der Waals surface area contributed by atoms with Gasteiger partial charge in [0.1, 0.15) is 18.6 Å². The number of hydrogen-bond acceptors (Lipinski definition) is 5. The molecule has 0 aliphatic carbocycles. The van der Waals surface area contributed by atoms with Gasteiger partial charge in [0.25, 0.3) is 5.56 Å². The van der Waals surface area contributed by atoms with Gasteiger partial charge in [-0.15, -0.1) is 0 Å². The Balaban J connectivity index is 2.22. The van der Waals surface area contributed by atoms with Gasteiger partial charge in [0.2, 0.25) is 11.8 Å². The first-order chi connectivity index (χ1) is 15.0. The highest BCUT2D eigenvalue weighted by molar-refractivity contribution is 5.90. The van der Waals surface area contributed by atoms with Crippen molar-refractivity contribution >= 4 is 28.7 Å². The first kappa shape index (κ1) is 24.8. The average Bonchev–Trinajstić information content (AvgIpc) is 2.73. The number of aromatic amines is 1. The molecule has 2 aromatic rings. The van der Waals surface area contributed by atoms with E-state index in [1.165, 1.54) is 6.07 Å². The molecule has 32 heavy (non-hydrogen) atoms. The first-order valence-electron chi connectivity index (χ1n) is 10.6. The molecule has 0 aliphatic heterocycles. The zero-order valence-electron chi connectivity index (χ0n) is 18.7. The van der Waals surface area contributed by atoms with Crippen molar-refractivity contribution < 1.29 is 19.5 Å². The number of aromatic nitrogens is 2. The van der Waals surface area contributed by atoms with Crippen molar-refractivity contribution in [3.8, 4) is 0 Å². The molecule has 0 fully saturated rings. The zero-order valence-corrected chi connectivity index (χ0v) is 18.7. The fourth-order valence-electron chi connectivity index (χ4n) is 3.37. The molecule has 0 spiro atoms. The van der Waals surface area contributed by atoms with E-state index in [9.17, 15) is 29.1 Å². The lowest BCUT2D eigenvalue weighted by Crippen LogP contribution is -2.54. The summed E-state index contributed by atoms with van der Waals surface area (Å²) in [5.41, 5.74) is -0.996. The fraction of sp³-hybridized carbons (Fsp3) is 0.500. The minimum Gasteiger partial charge on any atom is -0.480 e. The summed E-state index contributed by atoms with van der Waals surface area (Å²) in [6.45, 7) is 6.67.